The van der Waals surface area contributed by atoms with Crippen LogP contribution in [0.15, 0.2) is 54.7 Å². The fourth-order valence-corrected chi connectivity index (χ4v) is 3.64. The van der Waals surface area contributed by atoms with E-state index in [4.69, 9.17) is 11.8 Å². The Balaban J connectivity index is 1.50. The number of fused-ring (bicyclic) bond motifs is 1. The first kappa shape index (κ1) is 17.1. The maximum absolute atomic E-state index is 12.8. The molecule has 0 aliphatic carbocycles. The largest absolute Gasteiger partial charge is 0.339 e. The molecule has 2 heterocycles. The summed E-state index contributed by atoms with van der Waals surface area (Å²) in [4.78, 5) is 14.6. The Morgan fingerprint density at radius 1 is 1.12 bits per heavy atom. The summed E-state index contributed by atoms with van der Waals surface area (Å²) < 4.78 is 3.64. The van der Waals surface area contributed by atoms with Gasteiger partial charge in [0.15, 0.2) is 0 Å². The molecule has 0 bridgehead atoms. The lowest BCUT2D eigenvalue weighted by Crippen LogP contribution is -2.43. The van der Waals surface area contributed by atoms with Gasteiger partial charge in [0.05, 0.1) is 11.2 Å². The summed E-state index contributed by atoms with van der Waals surface area (Å²) in [5.41, 5.74) is 2.59. The highest BCUT2D eigenvalue weighted by Gasteiger charge is 2.25. The lowest BCUT2D eigenvalue weighted by molar-refractivity contribution is 0.0682. The molecule has 1 aromatic heterocycles. The molecule has 0 spiro atoms. The van der Waals surface area contributed by atoms with Crippen molar-refractivity contribution in [3.8, 4) is 5.69 Å². The number of piperidine rings is 1. The van der Waals surface area contributed by atoms with Crippen molar-refractivity contribution < 1.29 is 4.79 Å². The van der Waals surface area contributed by atoms with Gasteiger partial charge in [0.1, 0.15) is 0 Å². The van der Waals surface area contributed by atoms with Crippen molar-refractivity contribution in [3.05, 3.63) is 60.3 Å². The summed E-state index contributed by atoms with van der Waals surface area (Å²) in [7, 11) is 1.88. The van der Waals surface area contributed by atoms with E-state index < -0.39 is 0 Å². The van der Waals surface area contributed by atoms with Gasteiger partial charge in [-0.3, -0.25) is 4.79 Å². The molecule has 0 radical (unpaired) electrons. The molecule has 1 amide bonds. The zero-order chi connectivity index (χ0) is 18.1. The number of aromatic nitrogens is 2. The Bertz CT molecular complexity index is 880. The summed E-state index contributed by atoms with van der Waals surface area (Å²) in [6.07, 6.45) is 3.81. The molecule has 1 fully saturated rings. The van der Waals surface area contributed by atoms with Gasteiger partial charge >= 0.3 is 0 Å². The minimum absolute atomic E-state index is 0.0511. The third-order valence-corrected chi connectivity index (χ3v) is 5.41. The van der Waals surface area contributed by atoms with Crippen LogP contribution in [0.4, 0.5) is 0 Å². The molecule has 0 N–H and O–H groups in total. The van der Waals surface area contributed by atoms with E-state index in [0.717, 1.165) is 42.5 Å². The Hall–Kier alpha value is -2.37. The van der Waals surface area contributed by atoms with Crippen LogP contribution in [0.1, 0.15) is 23.2 Å². The van der Waals surface area contributed by atoms with Gasteiger partial charge < -0.3 is 4.90 Å². The van der Waals surface area contributed by atoms with Crippen LogP contribution in [-0.4, -0.2) is 51.2 Å². The highest BCUT2D eigenvalue weighted by Crippen LogP contribution is 2.20. The van der Waals surface area contributed by atoms with Gasteiger partial charge in [0.25, 0.3) is 5.91 Å². The maximum Gasteiger partial charge on any atom is 0.253 e. The first-order chi connectivity index (χ1) is 12.6. The first-order valence-corrected chi connectivity index (χ1v) is 9.18. The normalized spacial score (nSPS) is 16.1. The SMILES string of the molecule is CN(C(=O)c1ccc(-n2cc3ccccc3n2)cc1)C1CCN(Cl)CC1. The van der Waals surface area contributed by atoms with Gasteiger partial charge in [-0.15, -0.1) is 0 Å². The van der Waals surface area contributed by atoms with E-state index in [2.05, 4.69) is 5.10 Å². The molecule has 5 nitrogen and oxygen atoms in total. The molecular formula is C20H21ClN4O. The molecule has 1 saturated heterocycles. The Kier molecular flexibility index (Phi) is 4.66. The minimum Gasteiger partial charge on any atom is -0.339 e. The molecule has 1 aliphatic rings. The van der Waals surface area contributed by atoms with Gasteiger partial charge in [-0.05, 0) is 55.0 Å². The third kappa shape index (κ3) is 3.32. The van der Waals surface area contributed by atoms with Crippen molar-refractivity contribution in [2.24, 2.45) is 0 Å². The molecule has 3 aromatic rings. The predicted molar refractivity (Wildman–Crippen MR) is 104 cm³/mol. The lowest BCUT2D eigenvalue weighted by atomic mass is 10.0. The van der Waals surface area contributed by atoms with Gasteiger partial charge in [0, 0.05) is 43.3 Å². The summed E-state index contributed by atoms with van der Waals surface area (Å²) in [6, 6.07) is 15.9. The molecule has 26 heavy (non-hydrogen) atoms. The van der Waals surface area contributed by atoms with E-state index in [9.17, 15) is 4.79 Å². The van der Waals surface area contributed by atoms with Crippen LogP contribution in [0.5, 0.6) is 0 Å². The quantitative estimate of drug-likeness (QED) is 0.662. The van der Waals surface area contributed by atoms with Gasteiger partial charge in [-0.2, -0.15) is 5.10 Å². The number of nitrogens with zero attached hydrogens (tertiary/aromatic N) is 4. The van der Waals surface area contributed by atoms with Crippen LogP contribution in [-0.2, 0) is 0 Å². The molecule has 134 valence electrons. The standard InChI is InChI=1S/C20H21ClN4O/c1-23(17-10-12-24(21)13-11-17)20(26)15-6-8-18(9-7-15)25-14-16-4-2-3-5-19(16)22-25/h2-9,14,17H,10-13H2,1H3. The fraction of sp³-hybridized carbons (Fsp3) is 0.300. The van der Waals surface area contributed by atoms with E-state index in [1.165, 1.54) is 0 Å². The van der Waals surface area contributed by atoms with Crippen LogP contribution in [0.3, 0.4) is 0 Å². The van der Waals surface area contributed by atoms with Gasteiger partial charge in [-0.25, -0.2) is 9.10 Å². The zero-order valence-electron chi connectivity index (χ0n) is 14.7. The van der Waals surface area contributed by atoms with E-state index in [1.54, 1.807) is 4.42 Å². The van der Waals surface area contributed by atoms with Crippen molar-refractivity contribution in [1.82, 2.24) is 19.1 Å². The van der Waals surface area contributed by atoms with Crippen LogP contribution < -0.4 is 0 Å². The average molecular weight is 369 g/mol. The lowest BCUT2D eigenvalue weighted by Gasteiger charge is -2.34. The number of carbonyl (C=O) groups is 1. The monoisotopic (exact) mass is 368 g/mol. The van der Waals surface area contributed by atoms with Crippen molar-refractivity contribution in [3.63, 3.8) is 0 Å². The third-order valence-electron chi connectivity index (χ3n) is 5.07. The molecule has 1 aliphatic heterocycles. The fourth-order valence-electron chi connectivity index (χ4n) is 3.44. The summed E-state index contributed by atoms with van der Waals surface area (Å²) in [5.74, 6) is 0.0511. The Morgan fingerprint density at radius 2 is 1.81 bits per heavy atom. The van der Waals surface area contributed by atoms with Crippen LogP contribution >= 0.6 is 11.8 Å². The van der Waals surface area contributed by atoms with Gasteiger partial charge in [-0.1, -0.05) is 18.2 Å². The van der Waals surface area contributed by atoms with Crippen LogP contribution in [0.25, 0.3) is 16.6 Å². The molecule has 0 atom stereocenters. The number of amides is 1. The number of carbonyl (C=O) groups excluding carboxylic acids is 1. The number of benzene rings is 2. The topological polar surface area (TPSA) is 41.4 Å². The van der Waals surface area contributed by atoms with Crippen molar-refractivity contribution >= 4 is 28.6 Å². The highest BCUT2D eigenvalue weighted by molar-refractivity contribution is 6.13. The molecule has 2 aromatic carbocycles. The summed E-state index contributed by atoms with van der Waals surface area (Å²) >= 11 is 6.01. The Morgan fingerprint density at radius 3 is 2.50 bits per heavy atom. The zero-order valence-corrected chi connectivity index (χ0v) is 15.4. The number of rotatable bonds is 3. The van der Waals surface area contributed by atoms with Crippen molar-refractivity contribution in [2.45, 2.75) is 18.9 Å². The molecule has 0 unspecified atom stereocenters. The van der Waals surface area contributed by atoms with Crippen LogP contribution in [0.2, 0.25) is 0 Å². The van der Waals surface area contributed by atoms with E-state index in [1.807, 2.05) is 71.4 Å². The van der Waals surface area contributed by atoms with Crippen molar-refractivity contribution in [1.29, 1.82) is 0 Å². The predicted octanol–water partition coefficient (Wildman–Crippen LogP) is 3.72. The second kappa shape index (κ2) is 7.09. The maximum atomic E-state index is 12.8. The molecule has 4 rings (SSSR count). The smallest absolute Gasteiger partial charge is 0.253 e. The molecular weight excluding hydrogens is 348 g/mol. The number of hydrogen-bond donors (Lipinski definition) is 0. The van der Waals surface area contributed by atoms with Crippen LogP contribution in [0, 0.1) is 0 Å². The van der Waals surface area contributed by atoms with Gasteiger partial charge in [0.2, 0.25) is 0 Å². The minimum atomic E-state index is 0.0511. The molecule has 6 heteroatoms. The molecule has 0 saturated carbocycles. The average Bonchev–Trinajstić information content (AvgIpc) is 3.12. The summed E-state index contributed by atoms with van der Waals surface area (Å²) in [5, 5.41) is 5.67. The Labute approximate surface area is 157 Å². The number of halogens is 1. The second-order valence-corrected chi connectivity index (χ2v) is 7.21. The van der Waals surface area contributed by atoms with Crippen molar-refractivity contribution in [2.75, 3.05) is 20.1 Å². The first-order valence-electron chi connectivity index (χ1n) is 8.84. The number of hydrogen-bond acceptors (Lipinski definition) is 3. The highest BCUT2D eigenvalue weighted by atomic mass is 35.5. The second-order valence-electron chi connectivity index (χ2n) is 6.74. The van der Waals surface area contributed by atoms with E-state index in [0.29, 0.717) is 5.56 Å². The van der Waals surface area contributed by atoms with E-state index >= 15 is 0 Å². The summed E-state index contributed by atoms with van der Waals surface area (Å²) in [6.45, 7) is 1.63. The van der Waals surface area contributed by atoms with E-state index in [-0.39, 0.29) is 11.9 Å².